The Kier molecular flexibility index (Phi) is 4.67. The second-order valence-electron chi connectivity index (χ2n) is 8.96. The highest BCUT2D eigenvalue weighted by atomic mass is 16.6. The summed E-state index contributed by atoms with van der Waals surface area (Å²) in [6.45, 7) is 13.8. The molecule has 0 spiro atoms. The number of piperidine rings is 1. The molecule has 1 fully saturated rings. The second kappa shape index (κ2) is 5.95. The summed E-state index contributed by atoms with van der Waals surface area (Å²) in [5.74, 6) is -0.183. The zero-order chi connectivity index (χ0) is 17.5. The van der Waals surface area contributed by atoms with Crippen LogP contribution >= 0.6 is 0 Å². The number of carbonyl (C=O) groups is 2. The molecule has 0 aromatic carbocycles. The van der Waals surface area contributed by atoms with Crippen LogP contribution in [-0.2, 0) is 14.3 Å². The van der Waals surface area contributed by atoms with E-state index in [-0.39, 0.29) is 29.1 Å². The van der Waals surface area contributed by atoms with E-state index in [1.807, 2.05) is 52.5 Å². The van der Waals surface area contributed by atoms with Crippen LogP contribution in [0.3, 0.4) is 0 Å². The van der Waals surface area contributed by atoms with Crippen LogP contribution in [0.4, 0.5) is 0 Å². The van der Waals surface area contributed by atoms with Gasteiger partial charge in [-0.1, -0.05) is 41.5 Å². The second-order valence-corrected chi connectivity index (χ2v) is 8.96. The number of likely N-dealkylation sites (tertiary alicyclic amines) is 1. The fourth-order valence-electron chi connectivity index (χ4n) is 3.27. The molecule has 0 saturated carbocycles. The topological polar surface area (TPSA) is 46.6 Å². The van der Waals surface area contributed by atoms with Gasteiger partial charge in [-0.05, 0) is 30.8 Å². The van der Waals surface area contributed by atoms with Gasteiger partial charge < -0.3 is 9.64 Å². The SMILES string of the molecule is CC(C)(C)C1=CC(CC(=O)N2CCCCC2)(C(C)(C)C)OC1=O. The minimum absolute atomic E-state index is 0.0961. The molecule has 2 rings (SSSR count). The molecule has 1 amide bonds. The van der Waals surface area contributed by atoms with E-state index in [0.717, 1.165) is 25.9 Å². The van der Waals surface area contributed by atoms with Crippen LogP contribution in [-0.4, -0.2) is 35.5 Å². The summed E-state index contributed by atoms with van der Waals surface area (Å²) in [6.07, 6.45) is 5.49. The zero-order valence-corrected chi connectivity index (χ0v) is 15.5. The number of hydrogen-bond donors (Lipinski definition) is 0. The van der Waals surface area contributed by atoms with Gasteiger partial charge in [-0.15, -0.1) is 0 Å². The fourth-order valence-corrected chi connectivity index (χ4v) is 3.27. The molecule has 130 valence electrons. The number of amides is 1. The Hall–Kier alpha value is -1.32. The molecular weight excluding hydrogens is 290 g/mol. The maximum absolute atomic E-state index is 12.8. The molecule has 4 heteroatoms. The lowest BCUT2D eigenvalue weighted by molar-refractivity contribution is -0.160. The van der Waals surface area contributed by atoms with Crippen LogP contribution in [0.2, 0.25) is 0 Å². The molecular formula is C19H31NO3. The van der Waals surface area contributed by atoms with Crippen LogP contribution < -0.4 is 0 Å². The van der Waals surface area contributed by atoms with Crippen molar-refractivity contribution in [2.45, 2.75) is 72.8 Å². The first kappa shape index (κ1) is 18.0. The van der Waals surface area contributed by atoms with Gasteiger partial charge in [0.2, 0.25) is 5.91 Å². The lowest BCUT2D eigenvalue weighted by atomic mass is 9.72. The van der Waals surface area contributed by atoms with Crippen molar-refractivity contribution in [3.05, 3.63) is 11.6 Å². The summed E-state index contributed by atoms with van der Waals surface area (Å²) in [7, 11) is 0. The number of hydrogen-bond acceptors (Lipinski definition) is 3. The molecule has 23 heavy (non-hydrogen) atoms. The number of carbonyl (C=O) groups excluding carboxylic acids is 2. The monoisotopic (exact) mass is 321 g/mol. The first-order chi connectivity index (χ1) is 10.5. The van der Waals surface area contributed by atoms with Gasteiger partial charge in [-0.3, -0.25) is 4.79 Å². The lowest BCUT2D eigenvalue weighted by Crippen LogP contribution is -2.48. The molecule has 0 N–H and O–H groups in total. The molecule has 4 nitrogen and oxygen atoms in total. The van der Waals surface area contributed by atoms with Crippen molar-refractivity contribution in [1.29, 1.82) is 0 Å². The Morgan fingerprint density at radius 1 is 1.13 bits per heavy atom. The van der Waals surface area contributed by atoms with E-state index in [0.29, 0.717) is 5.57 Å². The number of ether oxygens (including phenoxy) is 1. The van der Waals surface area contributed by atoms with Crippen LogP contribution in [0.15, 0.2) is 11.6 Å². The molecule has 2 aliphatic rings. The summed E-state index contributed by atoms with van der Waals surface area (Å²) >= 11 is 0. The number of cyclic esters (lactones) is 1. The smallest absolute Gasteiger partial charge is 0.335 e. The van der Waals surface area contributed by atoms with E-state index in [1.54, 1.807) is 0 Å². The van der Waals surface area contributed by atoms with Gasteiger partial charge >= 0.3 is 5.97 Å². The highest BCUT2D eigenvalue weighted by Crippen LogP contribution is 2.46. The molecule has 1 atom stereocenters. The summed E-state index contributed by atoms with van der Waals surface area (Å²) < 4.78 is 5.83. The van der Waals surface area contributed by atoms with Crippen molar-refractivity contribution >= 4 is 11.9 Å². The third-order valence-corrected chi connectivity index (χ3v) is 5.07. The van der Waals surface area contributed by atoms with Crippen molar-refractivity contribution in [2.75, 3.05) is 13.1 Å². The van der Waals surface area contributed by atoms with E-state index in [1.165, 1.54) is 6.42 Å². The normalized spacial score (nSPS) is 26.1. The Labute approximate surface area is 140 Å². The van der Waals surface area contributed by atoms with Gasteiger partial charge in [0.15, 0.2) is 0 Å². The van der Waals surface area contributed by atoms with Crippen LogP contribution in [0.1, 0.15) is 67.2 Å². The number of esters is 1. The van der Waals surface area contributed by atoms with Gasteiger partial charge in [-0.2, -0.15) is 0 Å². The highest BCUT2D eigenvalue weighted by molar-refractivity contribution is 5.94. The molecule has 1 unspecified atom stereocenters. The van der Waals surface area contributed by atoms with Crippen LogP contribution in [0, 0.1) is 10.8 Å². The first-order valence-electron chi connectivity index (χ1n) is 8.71. The number of nitrogens with zero attached hydrogens (tertiary/aromatic N) is 1. The quantitative estimate of drug-likeness (QED) is 0.729. The fraction of sp³-hybridized carbons (Fsp3) is 0.789. The van der Waals surface area contributed by atoms with Gasteiger partial charge in [0.05, 0.1) is 6.42 Å². The van der Waals surface area contributed by atoms with E-state index < -0.39 is 5.60 Å². The van der Waals surface area contributed by atoms with E-state index in [4.69, 9.17) is 4.74 Å². The summed E-state index contributed by atoms with van der Waals surface area (Å²) in [5, 5.41) is 0. The maximum atomic E-state index is 12.8. The van der Waals surface area contributed by atoms with Crippen molar-refractivity contribution in [1.82, 2.24) is 4.90 Å². The van der Waals surface area contributed by atoms with Crippen molar-refractivity contribution in [3.63, 3.8) is 0 Å². The molecule has 0 aromatic rings. The Balaban J connectivity index is 2.30. The predicted octanol–water partition coefficient (Wildman–Crippen LogP) is 3.70. The Bertz CT molecular complexity index is 516. The molecule has 0 radical (unpaired) electrons. The summed E-state index contributed by atoms with van der Waals surface area (Å²) in [5.41, 5.74) is -0.778. The van der Waals surface area contributed by atoms with Crippen LogP contribution in [0.5, 0.6) is 0 Å². The third kappa shape index (κ3) is 3.61. The molecule has 2 heterocycles. The largest absolute Gasteiger partial charge is 0.450 e. The molecule has 0 aliphatic carbocycles. The van der Waals surface area contributed by atoms with E-state index >= 15 is 0 Å². The van der Waals surface area contributed by atoms with Gasteiger partial charge in [0.1, 0.15) is 5.60 Å². The molecule has 1 saturated heterocycles. The Morgan fingerprint density at radius 2 is 1.70 bits per heavy atom. The first-order valence-corrected chi connectivity index (χ1v) is 8.71. The van der Waals surface area contributed by atoms with Crippen molar-refractivity contribution < 1.29 is 14.3 Å². The summed E-state index contributed by atoms with van der Waals surface area (Å²) in [6, 6.07) is 0. The van der Waals surface area contributed by atoms with Gasteiger partial charge in [0.25, 0.3) is 0 Å². The van der Waals surface area contributed by atoms with Gasteiger partial charge in [-0.25, -0.2) is 4.79 Å². The van der Waals surface area contributed by atoms with Crippen LogP contribution in [0.25, 0.3) is 0 Å². The average Bonchev–Trinajstić information content (AvgIpc) is 2.77. The minimum Gasteiger partial charge on any atom is -0.450 e. The van der Waals surface area contributed by atoms with Gasteiger partial charge in [0, 0.05) is 24.1 Å². The molecule has 0 bridgehead atoms. The van der Waals surface area contributed by atoms with E-state index in [2.05, 4.69) is 0 Å². The molecule has 0 aromatic heterocycles. The standard InChI is InChI=1S/C19H31NO3/c1-17(2,3)14-12-19(18(4,5)6,23-16(14)22)13-15(21)20-10-8-7-9-11-20/h12H,7-11,13H2,1-6H3. The zero-order valence-electron chi connectivity index (χ0n) is 15.5. The van der Waals surface area contributed by atoms with Crippen molar-refractivity contribution in [2.24, 2.45) is 10.8 Å². The number of rotatable bonds is 2. The van der Waals surface area contributed by atoms with Crippen molar-refractivity contribution in [3.8, 4) is 0 Å². The summed E-state index contributed by atoms with van der Waals surface area (Å²) in [4.78, 5) is 27.1. The average molecular weight is 321 g/mol. The van der Waals surface area contributed by atoms with E-state index in [9.17, 15) is 9.59 Å². The highest BCUT2D eigenvalue weighted by Gasteiger charge is 2.52. The minimum atomic E-state index is -0.846. The lowest BCUT2D eigenvalue weighted by Gasteiger charge is -2.40. The molecule has 2 aliphatic heterocycles. The third-order valence-electron chi connectivity index (χ3n) is 5.07. The maximum Gasteiger partial charge on any atom is 0.335 e. The predicted molar refractivity (Wildman–Crippen MR) is 90.9 cm³/mol. The Morgan fingerprint density at radius 3 is 2.13 bits per heavy atom.